The van der Waals surface area contributed by atoms with Crippen molar-refractivity contribution >= 4 is 17.7 Å². The van der Waals surface area contributed by atoms with Gasteiger partial charge in [-0.25, -0.2) is 0 Å². The molecule has 2 nitrogen and oxygen atoms in total. The van der Waals surface area contributed by atoms with Crippen LogP contribution >= 0.6 is 11.6 Å². The molecule has 0 radical (unpaired) electrons. The molecule has 0 bridgehead atoms. The Hall–Kier alpha value is -0.760. The molecule has 0 fully saturated rings. The molecule has 1 heterocycles. The third-order valence-electron chi connectivity index (χ3n) is 2.17. The summed E-state index contributed by atoms with van der Waals surface area (Å²) < 4.78 is 1.89. The second-order valence-electron chi connectivity index (χ2n) is 3.33. The first kappa shape index (κ1) is 10.3. The van der Waals surface area contributed by atoms with E-state index in [-0.39, 0.29) is 0 Å². The molecule has 0 saturated heterocycles. The van der Waals surface area contributed by atoms with Crippen molar-refractivity contribution in [2.45, 2.75) is 20.8 Å². The largest absolute Gasteiger partial charge is 0.272 e. The summed E-state index contributed by atoms with van der Waals surface area (Å²) in [4.78, 5) is 0. The molecule has 0 amide bonds. The van der Waals surface area contributed by atoms with Crippen molar-refractivity contribution in [2.75, 3.05) is 5.88 Å². The quantitative estimate of drug-likeness (QED) is 0.669. The smallest absolute Gasteiger partial charge is 0.0668 e. The lowest BCUT2D eigenvalue weighted by Gasteiger charge is -1.97. The Morgan fingerprint density at radius 3 is 2.54 bits per heavy atom. The molecule has 0 aliphatic carbocycles. The topological polar surface area (TPSA) is 17.8 Å². The van der Waals surface area contributed by atoms with Crippen molar-refractivity contribution in [1.29, 1.82) is 0 Å². The van der Waals surface area contributed by atoms with Crippen LogP contribution in [0, 0.1) is 13.8 Å². The van der Waals surface area contributed by atoms with E-state index >= 15 is 0 Å². The molecular weight excluding hydrogens is 184 g/mol. The second kappa shape index (κ2) is 3.97. The zero-order valence-electron chi connectivity index (χ0n) is 8.56. The van der Waals surface area contributed by atoms with Gasteiger partial charge in [0, 0.05) is 24.2 Å². The monoisotopic (exact) mass is 198 g/mol. The Bertz CT molecular complexity index is 337. The van der Waals surface area contributed by atoms with Gasteiger partial charge in [0.2, 0.25) is 0 Å². The Morgan fingerprint density at radius 2 is 2.15 bits per heavy atom. The van der Waals surface area contributed by atoms with E-state index in [2.05, 4.69) is 18.1 Å². The lowest BCUT2D eigenvalue weighted by molar-refractivity contribution is 0.731. The minimum absolute atomic E-state index is 0.577. The SMILES string of the molecule is C/C(=C\c1c(C)nn(C)c1C)CCl. The summed E-state index contributed by atoms with van der Waals surface area (Å²) in [7, 11) is 1.95. The lowest BCUT2D eigenvalue weighted by Crippen LogP contribution is -1.92. The minimum Gasteiger partial charge on any atom is -0.272 e. The number of alkyl halides is 1. The van der Waals surface area contributed by atoms with E-state index in [9.17, 15) is 0 Å². The first-order valence-electron chi connectivity index (χ1n) is 4.29. The fourth-order valence-corrected chi connectivity index (χ4v) is 1.36. The average molecular weight is 199 g/mol. The summed E-state index contributed by atoms with van der Waals surface area (Å²) in [6.45, 7) is 6.10. The first-order valence-corrected chi connectivity index (χ1v) is 4.83. The number of aryl methyl sites for hydroxylation is 2. The highest BCUT2D eigenvalue weighted by Crippen LogP contribution is 2.16. The van der Waals surface area contributed by atoms with E-state index in [0.717, 1.165) is 5.69 Å². The van der Waals surface area contributed by atoms with Crippen molar-refractivity contribution in [1.82, 2.24) is 9.78 Å². The summed E-state index contributed by atoms with van der Waals surface area (Å²) in [5.74, 6) is 0.577. The summed E-state index contributed by atoms with van der Waals surface area (Å²) in [5.41, 5.74) is 4.60. The first-order chi connectivity index (χ1) is 6.06. The van der Waals surface area contributed by atoms with Crippen LogP contribution in [0.4, 0.5) is 0 Å². The van der Waals surface area contributed by atoms with Gasteiger partial charge in [0.05, 0.1) is 5.69 Å². The highest BCUT2D eigenvalue weighted by molar-refractivity contribution is 6.19. The van der Waals surface area contributed by atoms with Gasteiger partial charge in [0.1, 0.15) is 0 Å². The molecule has 1 aromatic rings. The number of halogens is 1. The molecule has 3 heteroatoms. The van der Waals surface area contributed by atoms with Gasteiger partial charge in [-0.15, -0.1) is 11.6 Å². The maximum Gasteiger partial charge on any atom is 0.0668 e. The summed E-state index contributed by atoms with van der Waals surface area (Å²) >= 11 is 5.72. The van der Waals surface area contributed by atoms with E-state index in [1.54, 1.807) is 0 Å². The fourth-order valence-electron chi connectivity index (χ4n) is 1.28. The van der Waals surface area contributed by atoms with Crippen LogP contribution in [0.2, 0.25) is 0 Å². The molecule has 0 aromatic carbocycles. The Morgan fingerprint density at radius 1 is 1.54 bits per heavy atom. The minimum atomic E-state index is 0.577. The van der Waals surface area contributed by atoms with Crippen LogP contribution in [-0.2, 0) is 7.05 Å². The van der Waals surface area contributed by atoms with Gasteiger partial charge >= 0.3 is 0 Å². The van der Waals surface area contributed by atoms with E-state index in [0.29, 0.717) is 5.88 Å². The van der Waals surface area contributed by atoms with Crippen LogP contribution in [0.3, 0.4) is 0 Å². The average Bonchev–Trinajstić information content (AvgIpc) is 2.32. The van der Waals surface area contributed by atoms with Gasteiger partial charge in [-0.3, -0.25) is 4.68 Å². The van der Waals surface area contributed by atoms with Gasteiger partial charge in [0.25, 0.3) is 0 Å². The van der Waals surface area contributed by atoms with Crippen LogP contribution in [0.15, 0.2) is 5.57 Å². The Balaban J connectivity index is 3.14. The van der Waals surface area contributed by atoms with Gasteiger partial charge in [-0.05, 0) is 20.8 Å². The Kier molecular flexibility index (Phi) is 3.15. The maximum atomic E-state index is 5.72. The molecule has 0 spiro atoms. The van der Waals surface area contributed by atoms with E-state index in [1.807, 2.05) is 25.6 Å². The number of nitrogens with zero attached hydrogens (tertiary/aromatic N) is 2. The summed E-state index contributed by atoms with van der Waals surface area (Å²) in [6.07, 6.45) is 2.10. The third-order valence-corrected chi connectivity index (χ3v) is 2.59. The molecule has 0 aliphatic rings. The molecule has 72 valence electrons. The highest BCUT2D eigenvalue weighted by atomic mass is 35.5. The van der Waals surface area contributed by atoms with Crippen LogP contribution in [0.5, 0.6) is 0 Å². The predicted molar refractivity (Wildman–Crippen MR) is 57.1 cm³/mol. The molecular formula is C10H15ClN2. The molecule has 13 heavy (non-hydrogen) atoms. The number of rotatable bonds is 2. The molecule has 1 aromatic heterocycles. The molecule has 0 unspecified atom stereocenters. The van der Waals surface area contributed by atoms with Gasteiger partial charge in [-0.2, -0.15) is 5.10 Å². The third kappa shape index (κ3) is 2.13. The summed E-state index contributed by atoms with van der Waals surface area (Å²) in [6, 6.07) is 0. The van der Waals surface area contributed by atoms with Crippen LogP contribution in [-0.4, -0.2) is 15.7 Å². The molecule has 0 N–H and O–H groups in total. The molecule has 0 saturated carbocycles. The van der Waals surface area contributed by atoms with Gasteiger partial charge < -0.3 is 0 Å². The zero-order chi connectivity index (χ0) is 10.0. The van der Waals surface area contributed by atoms with Gasteiger partial charge in [0.15, 0.2) is 0 Å². The molecule has 0 atom stereocenters. The standard InChI is InChI=1S/C10H15ClN2/c1-7(6-11)5-10-8(2)12-13(4)9(10)3/h5H,6H2,1-4H3/b7-5+. The highest BCUT2D eigenvalue weighted by Gasteiger charge is 2.06. The van der Waals surface area contributed by atoms with E-state index < -0.39 is 0 Å². The second-order valence-corrected chi connectivity index (χ2v) is 3.60. The van der Waals surface area contributed by atoms with Crippen LogP contribution in [0.25, 0.3) is 6.08 Å². The maximum absolute atomic E-state index is 5.72. The lowest BCUT2D eigenvalue weighted by atomic mass is 10.1. The van der Waals surface area contributed by atoms with Crippen molar-refractivity contribution in [3.8, 4) is 0 Å². The van der Waals surface area contributed by atoms with Crippen molar-refractivity contribution in [3.63, 3.8) is 0 Å². The predicted octanol–water partition coefficient (Wildman–Crippen LogP) is 2.68. The van der Waals surface area contributed by atoms with E-state index in [4.69, 9.17) is 11.6 Å². The summed E-state index contributed by atoms with van der Waals surface area (Å²) in [5, 5.41) is 4.33. The van der Waals surface area contributed by atoms with Crippen LogP contribution < -0.4 is 0 Å². The zero-order valence-corrected chi connectivity index (χ0v) is 9.31. The number of hydrogen-bond acceptors (Lipinski definition) is 1. The molecule has 0 aliphatic heterocycles. The number of aromatic nitrogens is 2. The Labute approximate surface area is 84.2 Å². The van der Waals surface area contributed by atoms with Crippen molar-refractivity contribution in [2.24, 2.45) is 7.05 Å². The van der Waals surface area contributed by atoms with Gasteiger partial charge in [-0.1, -0.05) is 11.6 Å². The molecule has 1 rings (SSSR count). The van der Waals surface area contributed by atoms with Crippen LogP contribution in [0.1, 0.15) is 23.9 Å². The number of allylic oxidation sites excluding steroid dienone is 1. The van der Waals surface area contributed by atoms with E-state index in [1.165, 1.54) is 16.8 Å². The fraction of sp³-hybridized carbons (Fsp3) is 0.500. The van der Waals surface area contributed by atoms with Crippen molar-refractivity contribution in [3.05, 3.63) is 22.5 Å². The normalized spacial score (nSPS) is 12.2. The number of hydrogen-bond donors (Lipinski definition) is 0. The van der Waals surface area contributed by atoms with Crippen molar-refractivity contribution < 1.29 is 0 Å².